The molecule has 2 amide bonds. The Hall–Kier alpha value is -2.13. The minimum atomic E-state index is -0.224. The zero-order valence-corrected chi connectivity index (χ0v) is 18.8. The quantitative estimate of drug-likeness (QED) is 0.443. The second-order valence-electron chi connectivity index (χ2n) is 7.29. The molecule has 0 unspecified atom stereocenters. The van der Waals surface area contributed by atoms with E-state index in [0.29, 0.717) is 5.92 Å². The third-order valence-electron chi connectivity index (χ3n) is 5.33. The van der Waals surface area contributed by atoms with Crippen molar-refractivity contribution in [3.63, 3.8) is 0 Å². The maximum atomic E-state index is 12.4. The number of carbonyl (C=O) groups excluding carboxylic acids is 1. The first kappa shape index (κ1) is 19.6. The maximum Gasteiger partial charge on any atom is 0.323 e. The van der Waals surface area contributed by atoms with Crippen molar-refractivity contribution in [2.75, 3.05) is 10.6 Å². The van der Waals surface area contributed by atoms with Gasteiger partial charge in [0.2, 0.25) is 0 Å². The zero-order valence-electron chi connectivity index (χ0n) is 15.8. The summed E-state index contributed by atoms with van der Waals surface area (Å²) >= 11 is 0. The molecule has 0 aliphatic heterocycles. The summed E-state index contributed by atoms with van der Waals surface area (Å²) in [7, 11) is 0. The Morgan fingerprint density at radius 3 is 2.48 bits per heavy atom. The summed E-state index contributed by atoms with van der Waals surface area (Å²) in [4.78, 5) is 15.5. The van der Waals surface area contributed by atoms with Crippen LogP contribution in [-0.4, -0.2) is 11.0 Å². The summed E-state index contributed by atoms with van der Waals surface area (Å²) in [6.07, 6.45) is 8.42. The Balaban J connectivity index is 0.00000210. The Labute approximate surface area is 172 Å². The molecule has 3 N–H and O–H groups in total. The predicted octanol–water partition coefficient (Wildman–Crippen LogP) is 6.17. The SMILES string of the molecule is Cc1ccc2[nH]cc(NC(=O)Nc3ccc(C4CCCCC4)cc3)c2c1.[Zn]. The third-order valence-corrected chi connectivity index (χ3v) is 5.33. The van der Waals surface area contributed by atoms with Crippen molar-refractivity contribution in [2.24, 2.45) is 0 Å². The number of H-pyrrole nitrogens is 1. The van der Waals surface area contributed by atoms with Crippen LogP contribution in [0.15, 0.2) is 48.7 Å². The Bertz CT molecular complexity index is 911. The molecule has 0 atom stereocenters. The molecule has 0 spiro atoms. The van der Waals surface area contributed by atoms with E-state index in [1.165, 1.54) is 43.2 Å². The molecule has 1 aliphatic carbocycles. The van der Waals surface area contributed by atoms with Crippen molar-refractivity contribution in [1.82, 2.24) is 4.98 Å². The van der Waals surface area contributed by atoms with Gasteiger partial charge in [0.25, 0.3) is 0 Å². The molecule has 0 saturated heterocycles. The molecule has 0 radical (unpaired) electrons. The zero-order chi connectivity index (χ0) is 17.9. The average molecular weight is 413 g/mol. The van der Waals surface area contributed by atoms with Gasteiger partial charge in [-0.3, -0.25) is 0 Å². The first-order chi connectivity index (χ1) is 12.7. The Kier molecular flexibility index (Phi) is 6.33. The van der Waals surface area contributed by atoms with Gasteiger partial charge >= 0.3 is 6.03 Å². The topological polar surface area (TPSA) is 56.9 Å². The largest absolute Gasteiger partial charge is 0.359 e. The van der Waals surface area contributed by atoms with Crippen LogP contribution < -0.4 is 10.6 Å². The fraction of sp³-hybridized carbons (Fsp3) is 0.318. The molecule has 5 heteroatoms. The standard InChI is InChI=1S/C22H25N3O.Zn/c1-15-7-12-20-19(13-15)21(14-23-20)25-22(26)24-18-10-8-17(9-11-18)16-5-3-2-4-6-16;/h7-14,16,23H,2-6H2,1H3,(H2,24,25,26);. The molecule has 1 aromatic heterocycles. The number of rotatable bonds is 3. The number of fused-ring (bicyclic) bond motifs is 1. The van der Waals surface area contributed by atoms with Crippen molar-refractivity contribution in [3.8, 4) is 0 Å². The van der Waals surface area contributed by atoms with E-state index in [0.717, 1.165) is 22.3 Å². The average Bonchev–Trinajstić information content (AvgIpc) is 3.05. The molecule has 3 aromatic rings. The van der Waals surface area contributed by atoms with E-state index in [4.69, 9.17) is 0 Å². The van der Waals surface area contributed by atoms with Gasteiger partial charge < -0.3 is 15.6 Å². The van der Waals surface area contributed by atoms with Gasteiger partial charge in [-0.25, -0.2) is 4.79 Å². The first-order valence-corrected chi connectivity index (χ1v) is 9.45. The number of hydrogen-bond acceptors (Lipinski definition) is 1. The van der Waals surface area contributed by atoms with Gasteiger partial charge in [-0.05, 0) is 55.5 Å². The molecule has 1 saturated carbocycles. The van der Waals surface area contributed by atoms with E-state index in [9.17, 15) is 4.79 Å². The number of aromatic amines is 1. The monoisotopic (exact) mass is 411 g/mol. The van der Waals surface area contributed by atoms with Gasteiger partial charge in [0.05, 0.1) is 5.69 Å². The van der Waals surface area contributed by atoms with Crippen LogP contribution in [0.25, 0.3) is 10.9 Å². The van der Waals surface area contributed by atoms with Gasteiger partial charge in [0, 0.05) is 42.3 Å². The third kappa shape index (κ3) is 4.59. The molecule has 4 nitrogen and oxygen atoms in total. The molecule has 0 bridgehead atoms. The second kappa shape index (κ2) is 8.71. The van der Waals surface area contributed by atoms with Crippen LogP contribution in [0, 0.1) is 6.92 Å². The summed E-state index contributed by atoms with van der Waals surface area (Å²) in [5, 5.41) is 6.88. The Morgan fingerprint density at radius 1 is 1.00 bits per heavy atom. The van der Waals surface area contributed by atoms with Gasteiger partial charge in [0.1, 0.15) is 0 Å². The fourth-order valence-corrected chi connectivity index (χ4v) is 3.90. The van der Waals surface area contributed by atoms with Crippen molar-refractivity contribution in [2.45, 2.75) is 44.9 Å². The van der Waals surface area contributed by atoms with Gasteiger partial charge in [-0.1, -0.05) is 43.0 Å². The number of nitrogens with one attached hydrogen (secondary N) is 3. The summed E-state index contributed by atoms with van der Waals surface area (Å²) in [6.45, 7) is 2.05. The molecule has 2 aromatic carbocycles. The van der Waals surface area contributed by atoms with Crippen molar-refractivity contribution >= 4 is 28.3 Å². The van der Waals surface area contributed by atoms with Crippen LogP contribution in [-0.2, 0) is 19.5 Å². The first-order valence-electron chi connectivity index (χ1n) is 9.45. The van der Waals surface area contributed by atoms with Crippen LogP contribution in [0.5, 0.6) is 0 Å². The normalized spacial score (nSPS) is 14.6. The number of benzene rings is 2. The second-order valence-corrected chi connectivity index (χ2v) is 7.29. The van der Waals surface area contributed by atoms with E-state index >= 15 is 0 Å². The minimum Gasteiger partial charge on any atom is -0.359 e. The molecule has 4 rings (SSSR count). The molecule has 1 fully saturated rings. The number of hydrogen-bond donors (Lipinski definition) is 3. The number of aromatic nitrogens is 1. The number of urea groups is 1. The summed E-state index contributed by atoms with van der Waals surface area (Å²) < 4.78 is 0. The Morgan fingerprint density at radius 2 is 1.74 bits per heavy atom. The smallest absolute Gasteiger partial charge is 0.323 e. The number of amides is 2. The van der Waals surface area contributed by atoms with Gasteiger partial charge in [-0.15, -0.1) is 0 Å². The van der Waals surface area contributed by atoms with E-state index < -0.39 is 0 Å². The predicted molar refractivity (Wildman–Crippen MR) is 108 cm³/mol. The summed E-state index contributed by atoms with van der Waals surface area (Å²) in [5.41, 5.74) is 5.18. The maximum absolute atomic E-state index is 12.4. The molecular weight excluding hydrogens is 388 g/mol. The number of aryl methyl sites for hydroxylation is 1. The molecule has 136 valence electrons. The van der Waals surface area contributed by atoms with Crippen LogP contribution in [0.3, 0.4) is 0 Å². The van der Waals surface area contributed by atoms with E-state index in [1.807, 2.05) is 31.3 Å². The van der Waals surface area contributed by atoms with Crippen LogP contribution in [0.4, 0.5) is 16.2 Å². The summed E-state index contributed by atoms with van der Waals surface area (Å²) in [6, 6.07) is 14.2. The van der Waals surface area contributed by atoms with Crippen molar-refractivity contribution in [3.05, 3.63) is 59.8 Å². The molecule has 1 heterocycles. The molecule has 27 heavy (non-hydrogen) atoms. The van der Waals surface area contributed by atoms with Crippen molar-refractivity contribution < 1.29 is 24.3 Å². The van der Waals surface area contributed by atoms with Crippen LogP contribution >= 0.6 is 0 Å². The van der Waals surface area contributed by atoms with Crippen LogP contribution in [0.1, 0.15) is 49.1 Å². The summed E-state index contributed by atoms with van der Waals surface area (Å²) in [5.74, 6) is 0.682. The number of carbonyl (C=O) groups is 1. The minimum absolute atomic E-state index is 0. The fourth-order valence-electron chi connectivity index (χ4n) is 3.90. The van der Waals surface area contributed by atoms with Gasteiger partial charge in [0.15, 0.2) is 0 Å². The number of anilines is 2. The van der Waals surface area contributed by atoms with E-state index in [2.05, 4.69) is 39.9 Å². The van der Waals surface area contributed by atoms with E-state index in [1.54, 1.807) is 0 Å². The molecule has 1 aliphatic rings. The van der Waals surface area contributed by atoms with Crippen molar-refractivity contribution in [1.29, 1.82) is 0 Å². The molecular formula is C22H25N3OZn. The van der Waals surface area contributed by atoms with E-state index in [-0.39, 0.29) is 25.5 Å². The van der Waals surface area contributed by atoms with Gasteiger partial charge in [-0.2, -0.15) is 0 Å². The van der Waals surface area contributed by atoms with Crippen LogP contribution in [0.2, 0.25) is 0 Å².